The van der Waals surface area contributed by atoms with E-state index in [9.17, 15) is 9.90 Å². The second-order valence-corrected chi connectivity index (χ2v) is 11.0. The molecule has 1 rings (SSSR count). The average Bonchev–Trinajstić information content (AvgIpc) is 2.43. The summed E-state index contributed by atoms with van der Waals surface area (Å²) in [6.45, 7) is 12.6. The molecule has 0 saturated carbocycles. The van der Waals surface area contributed by atoms with E-state index >= 15 is 0 Å². The fraction of sp³-hybridized carbons (Fsp3) is 0.643. The Morgan fingerprint density at radius 3 is 2.35 bits per heavy atom. The molecule has 96 valence electrons. The minimum Gasteiger partial charge on any atom is -0.504 e. The van der Waals surface area contributed by atoms with Gasteiger partial charge in [-0.05, 0) is 11.6 Å². The molecule has 0 amide bonds. The highest BCUT2D eigenvalue weighted by atomic mass is 28.3. The molecule has 0 aromatic carbocycles. The van der Waals surface area contributed by atoms with Crippen molar-refractivity contribution in [2.75, 3.05) is 0 Å². The van der Waals surface area contributed by atoms with Crippen molar-refractivity contribution in [2.45, 2.75) is 52.2 Å². The topological polar surface area (TPSA) is 37.3 Å². The minimum atomic E-state index is -1.65. The van der Waals surface area contributed by atoms with Gasteiger partial charge in [-0.25, -0.2) is 0 Å². The first-order valence-electron chi connectivity index (χ1n) is 6.47. The predicted molar refractivity (Wildman–Crippen MR) is 74.8 cm³/mol. The van der Waals surface area contributed by atoms with Gasteiger partial charge < -0.3 is 5.11 Å². The fourth-order valence-electron chi connectivity index (χ4n) is 2.57. The van der Waals surface area contributed by atoms with E-state index in [0.717, 1.165) is 18.0 Å². The molecule has 1 aliphatic carbocycles. The zero-order valence-corrected chi connectivity index (χ0v) is 12.5. The van der Waals surface area contributed by atoms with Crippen LogP contribution in [0.3, 0.4) is 0 Å². The molecule has 0 aromatic heterocycles. The quantitative estimate of drug-likeness (QED) is 0.456. The summed E-state index contributed by atoms with van der Waals surface area (Å²) in [5, 5.41) is 11.0. The maximum atomic E-state index is 11.8. The Bertz CT molecular complexity index is 361. The Morgan fingerprint density at radius 2 is 1.88 bits per heavy atom. The number of allylic oxidation sites excluding steroid dienone is 2. The second kappa shape index (κ2) is 5.21. The van der Waals surface area contributed by atoms with Crippen LogP contribution in [0.2, 0.25) is 19.6 Å². The lowest BCUT2D eigenvalue weighted by Gasteiger charge is -2.25. The molecule has 0 radical (unpaired) electrons. The van der Waals surface area contributed by atoms with Crippen LogP contribution in [0.25, 0.3) is 0 Å². The monoisotopic (exact) mass is 252 g/mol. The van der Waals surface area contributed by atoms with E-state index in [0.29, 0.717) is 5.57 Å². The third-order valence-corrected chi connectivity index (χ3v) is 5.64. The summed E-state index contributed by atoms with van der Waals surface area (Å²) in [5.74, 6) is -0.0969. The molecular weight excluding hydrogens is 228 g/mol. The second-order valence-electron chi connectivity index (χ2n) is 5.92. The smallest absolute Gasteiger partial charge is 0.222 e. The standard InChI is InChI=1S/C14H24O2Si/c1-6-7-8-9-11-10(2)12(15)13(16)14(11)17(3,4)5/h11,16H,2,6-9H2,1,3-5H3/t11-/m0/s1. The number of rotatable bonds is 5. The summed E-state index contributed by atoms with van der Waals surface area (Å²) >= 11 is 0. The zero-order valence-electron chi connectivity index (χ0n) is 11.5. The zero-order chi connectivity index (χ0) is 13.2. The Morgan fingerprint density at radius 1 is 1.29 bits per heavy atom. The molecule has 0 bridgehead atoms. The van der Waals surface area contributed by atoms with Crippen molar-refractivity contribution in [1.29, 1.82) is 0 Å². The summed E-state index contributed by atoms with van der Waals surface area (Å²) in [7, 11) is -1.65. The van der Waals surface area contributed by atoms with Gasteiger partial charge in [-0.2, -0.15) is 0 Å². The first-order chi connectivity index (χ1) is 7.80. The van der Waals surface area contributed by atoms with Gasteiger partial charge in [0.25, 0.3) is 0 Å². The molecule has 1 aliphatic rings. The summed E-state index contributed by atoms with van der Waals surface area (Å²) in [6.07, 6.45) is 4.42. The third-order valence-electron chi connectivity index (χ3n) is 3.44. The molecule has 1 N–H and O–H groups in total. The van der Waals surface area contributed by atoms with Gasteiger partial charge in [0, 0.05) is 11.5 Å². The van der Waals surface area contributed by atoms with Gasteiger partial charge in [0.2, 0.25) is 5.78 Å². The van der Waals surface area contributed by atoms with Crippen LogP contribution in [-0.2, 0) is 4.79 Å². The first-order valence-corrected chi connectivity index (χ1v) is 9.97. The van der Waals surface area contributed by atoms with E-state index in [1.165, 1.54) is 12.8 Å². The molecule has 2 nitrogen and oxygen atoms in total. The number of aliphatic hydroxyl groups is 1. The van der Waals surface area contributed by atoms with E-state index in [1.807, 2.05) is 0 Å². The van der Waals surface area contributed by atoms with Crippen LogP contribution in [0.1, 0.15) is 32.6 Å². The van der Waals surface area contributed by atoms with Crippen LogP contribution in [0, 0.1) is 5.92 Å². The van der Waals surface area contributed by atoms with Crippen molar-refractivity contribution >= 4 is 13.9 Å². The maximum absolute atomic E-state index is 11.8. The molecular formula is C14H24O2Si. The number of aliphatic hydroxyl groups excluding tert-OH is 1. The molecule has 1 atom stereocenters. The lowest BCUT2D eigenvalue weighted by Crippen LogP contribution is -2.28. The molecule has 0 aromatic rings. The lowest BCUT2D eigenvalue weighted by molar-refractivity contribution is -0.114. The Labute approximate surface area is 105 Å². The molecule has 3 heteroatoms. The normalized spacial score (nSPS) is 21.5. The Hall–Kier alpha value is -0.833. The summed E-state index contributed by atoms with van der Waals surface area (Å²) in [5.41, 5.74) is 0.607. The molecule has 0 heterocycles. The Kier molecular flexibility index (Phi) is 4.36. The van der Waals surface area contributed by atoms with Crippen LogP contribution in [-0.4, -0.2) is 19.0 Å². The van der Waals surface area contributed by atoms with Crippen molar-refractivity contribution in [2.24, 2.45) is 5.92 Å². The highest BCUT2D eigenvalue weighted by molar-refractivity contribution is 6.84. The maximum Gasteiger partial charge on any atom is 0.222 e. The number of unbranched alkanes of at least 4 members (excludes halogenated alkanes) is 2. The highest BCUT2D eigenvalue weighted by Crippen LogP contribution is 2.40. The van der Waals surface area contributed by atoms with E-state index in [-0.39, 0.29) is 17.5 Å². The third kappa shape index (κ3) is 2.89. The van der Waals surface area contributed by atoms with Gasteiger partial charge in [0.05, 0.1) is 8.07 Å². The highest BCUT2D eigenvalue weighted by Gasteiger charge is 2.41. The van der Waals surface area contributed by atoms with Crippen molar-refractivity contribution < 1.29 is 9.90 Å². The average molecular weight is 252 g/mol. The Balaban J connectivity index is 2.94. The molecule has 0 saturated heterocycles. The van der Waals surface area contributed by atoms with Gasteiger partial charge in [0.1, 0.15) is 0 Å². The van der Waals surface area contributed by atoms with Crippen molar-refractivity contribution in [1.82, 2.24) is 0 Å². The molecule has 0 fully saturated rings. The number of hydrogen-bond acceptors (Lipinski definition) is 2. The molecule has 17 heavy (non-hydrogen) atoms. The van der Waals surface area contributed by atoms with E-state index in [4.69, 9.17) is 0 Å². The fourth-order valence-corrected chi connectivity index (χ4v) is 4.75. The van der Waals surface area contributed by atoms with Gasteiger partial charge in [0.15, 0.2) is 5.76 Å². The van der Waals surface area contributed by atoms with Crippen LogP contribution < -0.4 is 0 Å². The summed E-state index contributed by atoms with van der Waals surface area (Å²) in [4.78, 5) is 11.8. The minimum absolute atomic E-state index is 0.00988. The van der Waals surface area contributed by atoms with Crippen LogP contribution >= 0.6 is 0 Å². The SMILES string of the molecule is C=C1C(=O)C(O)=C([Si](C)(C)C)[C@H]1CCCCC. The number of Topliss-reactive ketones (excluding diaryl/α,β-unsaturated/α-hetero) is 1. The summed E-state index contributed by atoms with van der Waals surface area (Å²) in [6, 6.07) is 0. The number of hydrogen-bond donors (Lipinski definition) is 1. The van der Waals surface area contributed by atoms with Gasteiger partial charge in [-0.1, -0.05) is 52.4 Å². The molecule has 0 aliphatic heterocycles. The largest absolute Gasteiger partial charge is 0.504 e. The van der Waals surface area contributed by atoms with Gasteiger partial charge in [-0.3, -0.25) is 4.79 Å². The van der Waals surface area contributed by atoms with Crippen LogP contribution in [0.15, 0.2) is 23.1 Å². The number of ketones is 1. The number of carbonyl (C=O) groups excluding carboxylic acids is 1. The summed E-state index contributed by atoms with van der Waals surface area (Å²) < 4.78 is 0. The number of carbonyl (C=O) groups is 1. The molecule has 0 spiro atoms. The predicted octanol–water partition coefficient (Wildman–Crippen LogP) is 4.01. The lowest BCUT2D eigenvalue weighted by atomic mass is 9.96. The van der Waals surface area contributed by atoms with Crippen molar-refractivity contribution in [3.63, 3.8) is 0 Å². The molecule has 0 unspecified atom stereocenters. The van der Waals surface area contributed by atoms with E-state index in [2.05, 4.69) is 33.1 Å². The van der Waals surface area contributed by atoms with Crippen LogP contribution in [0.5, 0.6) is 0 Å². The van der Waals surface area contributed by atoms with Crippen molar-refractivity contribution in [3.05, 3.63) is 23.1 Å². The van der Waals surface area contributed by atoms with E-state index in [1.54, 1.807) is 0 Å². The van der Waals surface area contributed by atoms with E-state index < -0.39 is 8.07 Å². The first kappa shape index (κ1) is 14.2. The van der Waals surface area contributed by atoms with Crippen molar-refractivity contribution in [3.8, 4) is 0 Å². The van der Waals surface area contributed by atoms with Crippen LogP contribution in [0.4, 0.5) is 0 Å². The van der Waals surface area contributed by atoms with Gasteiger partial charge >= 0.3 is 0 Å². The van der Waals surface area contributed by atoms with Gasteiger partial charge in [-0.15, -0.1) is 0 Å².